The molecule has 0 saturated heterocycles. The smallest absolute Gasteiger partial charge is 0.131 e. The van der Waals surface area contributed by atoms with Gasteiger partial charge in [0, 0.05) is 29.8 Å². The topological polar surface area (TPSA) is 47.9 Å². The summed E-state index contributed by atoms with van der Waals surface area (Å²) in [5.74, 6) is 8.41. The molecule has 3 aromatic rings. The number of nitrogens with one attached hydrogen (secondary N) is 1. The third kappa shape index (κ3) is 9.28. The molecular weight excluding hydrogens is 514 g/mol. The molecule has 0 fully saturated rings. The van der Waals surface area contributed by atoms with Crippen LogP contribution in [0.1, 0.15) is 75.6 Å². The van der Waals surface area contributed by atoms with Crippen LogP contribution in [0.4, 0.5) is 0 Å². The van der Waals surface area contributed by atoms with E-state index in [2.05, 4.69) is 73.7 Å². The maximum atomic E-state index is 10.3. The molecule has 0 saturated carbocycles. The molecule has 4 rings (SSSR count). The fraction of sp³-hybridized carbons (Fsp3) is 0.289. The minimum atomic E-state index is 0.254. The SMILES string of the molecule is C=C/C(C)=C1/NC(c2ccccc2O)=CC(=NC(CCC)CCC)N1C.CCc1ccc(C#Cc2ccccc2)cc1. The number of aromatic hydroxyl groups is 1. The monoisotopic (exact) mass is 559 g/mol. The molecule has 1 aliphatic rings. The van der Waals surface area contributed by atoms with Gasteiger partial charge < -0.3 is 15.3 Å². The van der Waals surface area contributed by atoms with E-state index in [9.17, 15) is 5.11 Å². The molecule has 0 aliphatic carbocycles. The largest absolute Gasteiger partial charge is 0.507 e. The highest BCUT2D eigenvalue weighted by atomic mass is 16.3. The molecule has 218 valence electrons. The van der Waals surface area contributed by atoms with Crippen LogP contribution in [0.15, 0.2) is 114 Å². The molecule has 2 N–H and O–H groups in total. The Balaban J connectivity index is 0.000000258. The van der Waals surface area contributed by atoms with Crippen molar-refractivity contribution in [3.05, 3.63) is 131 Å². The lowest BCUT2D eigenvalue weighted by Gasteiger charge is -2.32. The van der Waals surface area contributed by atoms with Gasteiger partial charge in [-0.2, -0.15) is 0 Å². The van der Waals surface area contributed by atoms with Gasteiger partial charge in [0.1, 0.15) is 17.4 Å². The van der Waals surface area contributed by atoms with Crippen molar-refractivity contribution in [3.8, 4) is 17.6 Å². The van der Waals surface area contributed by atoms with Crippen molar-refractivity contribution >= 4 is 11.5 Å². The Bertz CT molecular complexity index is 1450. The van der Waals surface area contributed by atoms with E-state index >= 15 is 0 Å². The molecule has 1 heterocycles. The van der Waals surface area contributed by atoms with Crippen molar-refractivity contribution in [3.63, 3.8) is 0 Å². The van der Waals surface area contributed by atoms with Crippen molar-refractivity contribution in [1.82, 2.24) is 10.2 Å². The molecule has 4 heteroatoms. The van der Waals surface area contributed by atoms with Crippen LogP contribution in [0.5, 0.6) is 5.75 Å². The fourth-order valence-corrected chi connectivity index (χ4v) is 4.63. The maximum absolute atomic E-state index is 10.3. The first kappa shape index (κ1) is 32.0. The van der Waals surface area contributed by atoms with Crippen LogP contribution in [-0.2, 0) is 6.42 Å². The van der Waals surface area contributed by atoms with Crippen LogP contribution in [0.2, 0.25) is 0 Å². The third-order valence-electron chi connectivity index (χ3n) is 7.13. The maximum Gasteiger partial charge on any atom is 0.131 e. The van der Waals surface area contributed by atoms with Crippen molar-refractivity contribution in [2.45, 2.75) is 65.8 Å². The molecule has 0 radical (unpaired) electrons. The van der Waals surface area contributed by atoms with E-state index in [1.807, 2.05) is 74.7 Å². The first-order chi connectivity index (χ1) is 20.4. The molecule has 0 spiro atoms. The van der Waals surface area contributed by atoms with E-state index in [4.69, 9.17) is 4.99 Å². The van der Waals surface area contributed by atoms with Gasteiger partial charge in [-0.1, -0.05) is 101 Å². The van der Waals surface area contributed by atoms with Crippen molar-refractivity contribution in [2.24, 2.45) is 4.99 Å². The number of benzene rings is 3. The molecule has 42 heavy (non-hydrogen) atoms. The summed E-state index contributed by atoms with van der Waals surface area (Å²) in [6.07, 6.45) is 9.33. The van der Waals surface area contributed by atoms with E-state index in [-0.39, 0.29) is 5.75 Å². The van der Waals surface area contributed by atoms with Crippen molar-refractivity contribution in [2.75, 3.05) is 7.05 Å². The second-order valence-corrected chi connectivity index (χ2v) is 10.4. The second-order valence-electron chi connectivity index (χ2n) is 10.4. The van der Waals surface area contributed by atoms with E-state index in [0.29, 0.717) is 6.04 Å². The van der Waals surface area contributed by atoms with Gasteiger partial charge in [-0.25, -0.2) is 0 Å². The number of hydrogen-bond donors (Lipinski definition) is 2. The molecule has 0 amide bonds. The number of phenols is 1. The van der Waals surface area contributed by atoms with E-state index in [1.165, 1.54) is 5.56 Å². The zero-order chi connectivity index (χ0) is 30.3. The number of phenolic OH excluding ortho intramolecular Hbond substituents is 1. The summed E-state index contributed by atoms with van der Waals surface area (Å²) in [6, 6.07) is 26.2. The van der Waals surface area contributed by atoms with Crippen molar-refractivity contribution in [1.29, 1.82) is 0 Å². The van der Waals surface area contributed by atoms with Crippen LogP contribution in [0.25, 0.3) is 5.70 Å². The highest BCUT2D eigenvalue weighted by Gasteiger charge is 2.22. The summed E-state index contributed by atoms with van der Waals surface area (Å²) in [6.45, 7) is 12.5. The number of aryl methyl sites for hydroxylation is 1. The summed E-state index contributed by atoms with van der Waals surface area (Å²) in [4.78, 5) is 7.11. The van der Waals surface area contributed by atoms with E-state index in [1.54, 1.807) is 6.07 Å². The Morgan fingerprint density at radius 1 is 0.905 bits per heavy atom. The van der Waals surface area contributed by atoms with Crippen LogP contribution in [-0.4, -0.2) is 28.9 Å². The average molecular weight is 560 g/mol. The highest BCUT2D eigenvalue weighted by Crippen LogP contribution is 2.28. The number of para-hydroxylation sites is 1. The lowest BCUT2D eigenvalue weighted by Crippen LogP contribution is -2.38. The molecule has 0 atom stereocenters. The number of hydrogen-bond acceptors (Lipinski definition) is 3. The minimum absolute atomic E-state index is 0.254. The van der Waals surface area contributed by atoms with Gasteiger partial charge in [0.25, 0.3) is 0 Å². The predicted molar refractivity (Wildman–Crippen MR) is 179 cm³/mol. The minimum Gasteiger partial charge on any atom is -0.507 e. The highest BCUT2D eigenvalue weighted by molar-refractivity contribution is 6.02. The third-order valence-corrected chi connectivity index (χ3v) is 7.13. The number of aliphatic imine (C=N–C) groups is 1. The number of rotatable bonds is 8. The lowest BCUT2D eigenvalue weighted by atomic mass is 10.1. The van der Waals surface area contributed by atoms with Crippen LogP contribution >= 0.6 is 0 Å². The Morgan fingerprint density at radius 2 is 1.50 bits per heavy atom. The normalized spacial score (nSPS) is 14.7. The molecule has 0 bridgehead atoms. The average Bonchev–Trinajstić information content (AvgIpc) is 3.02. The first-order valence-electron chi connectivity index (χ1n) is 15.0. The Hall–Kier alpha value is -4.49. The molecule has 1 aliphatic heterocycles. The van der Waals surface area contributed by atoms with Gasteiger partial charge in [-0.15, -0.1) is 0 Å². The Kier molecular flexibility index (Phi) is 12.7. The van der Waals surface area contributed by atoms with Crippen LogP contribution < -0.4 is 5.32 Å². The van der Waals surface area contributed by atoms with Gasteiger partial charge in [0.15, 0.2) is 0 Å². The number of likely N-dealkylation sites (N-methyl/N-ethyl adjacent to an activating group) is 1. The summed E-state index contributed by atoms with van der Waals surface area (Å²) in [7, 11) is 2.02. The van der Waals surface area contributed by atoms with Gasteiger partial charge in [-0.3, -0.25) is 4.99 Å². The van der Waals surface area contributed by atoms with Crippen LogP contribution in [0.3, 0.4) is 0 Å². The molecular formula is C38H45N3O. The number of nitrogens with zero attached hydrogens (tertiary/aromatic N) is 2. The number of amidine groups is 1. The summed E-state index contributed by atoms with van der Waals surface area (Å²) in [5.41, 5.74) is 6.13. The van der Waals surface area contributed by atoms with Gasteiger partial charge >= 0.3 is 0 Å². The van der Waals surface area contributed by atoms with E-state index < -0.39 is 0 Å². The number of allylic oxidation sites excluding steroid dienone is 2. The Labute approximate surface area is 253 Å². The van der Waals surface area contributed by atoms with Crippen molar-refractivity contribution < 1.29 is 5.11 Å². The molecule has 0 unspecified atom stereocenters. The fourth-order valence-electron chi connectivity index (χ4n) is 4.63. The summed E-state index contributed by atoms with van der Waals surface area (Å²) in [5, 5.41) is 13.7. The quantitative estimate of drug-likeness (QED) is 0.271. The standard InChI is InChI=1S/C22H31N3O.C16H14/c1-6-11-17(12-7-2)23-21-15-19(18-13-9-10-14-20(18)26)24-22(25(21)5)16(4)8-3;1-2-14-8-10-16(11-9-14)13-12-15-6-4-3-5-7-15/h8-10,13-15,17,24,26H,3,6-7,11-12H2,1-2,4-5H3;3-11H,2H2,1H3/b22-16-,23-21?;. The van der Waals surface area contributed by atoms with Gasteiger partial charge in [-0.05, 0) is 73.7 Å². The first-order valence-corrected chi connectivity index (χ1v) is 15.0. The molecule has 0 aromatic heterocycles. The zero-order valence-corrected chi connectivity index (χ0v) is 25.8. The second kappa shape index (κ2) is 16.7. The Morgan fingerprint density at radius 3 is 2.07 bits per heavy atom. The van der Waals surface area contributed by atoms with E-state index in [0.717, 1.165) is 71.7 Å². The summed E-state index contributed by atoms with van der Waals surface area (Å²) >= 11 is 0. The molecule has 3 aromatic carbocycles. The molecule has 4 nitrogen and oxygen atoms in total. The van der Waals surface area contributed by atoms with Gasteiger partial charge in [0.2, 0.25) is 0 Å². The predicted octanol–water partition coefficient (Wildman–Crippen LogP) is 8.70. The van der Waals surface area contributed by atoms with Crippen LogP contribution in [0, 0.1) is 11.8 Å². The summed E-state index contributed by atoms with van der Waals surface area (Å²) < 4.78 is 0. The zero-order valence-electron chi connectivity index (χ0n) is 25.8. The lowest BCUT2D eigenvalue weighted by molar-refractivity contribution is 0.472. The van der Waals surface area contributed by atoms with Gasteiger partial charge in [0.05, 0.1) is 11.7 Å².